The maximum atomic E-state index is 12.4. The summed E-state index contributed by atoms with van der Waals surface area (Å²) in [6.07, 6.45) is 0. The minimum Gasteiger partial charge on any atom is -0.383 e. The SMILES string of the molecule is CCN(CCOC)C(=O)C(C)C(N)c1ccccc1. The number of methoxy groups -OCH3 is 1. The summed E-state index contributed by atoms with van der Waals surface area (Å²) in [6, 6.07) is 9.47. The largest absolute Gasteiger partial charge is 0.383 e. The van der Waals surface area contributed by atoms with Crippen LogP contribution in [0, 0.1) is 5.92 Å². The summed E-state index contributed by atoms with van der Waals surface area (Å²) in [5.74, 6) is -0.157. The van der Waals surface area contributed by atoms with Gasteiger partial charge in [0, 0.05) is 26.2 Å². The molecule has 2 atom stereocenters. The summed E-state index contributed by atoms with van der Waals surface area (Å²) in [4.78, 5) is 14.2. The molecule has 106 valence electrons. The first kappa shape index (κ1) is 15.7. The van der Waals surface area contributed by atoms with E-state index < -0.39 is 0 Å². The molecule has 1 aromatic carbocycles. The number of benzene rings is 1. The molecule has 0 fully saturated rings. The van der Waals surface area contributed by atoms with Crippen LogP contribution in [-0.4, -0.2) is 37.6 Å². The summed E-state index contributed by atoms with van der Waals surface area (Å²) < 4.78 is 5.02. The van der Waals surface area contributed by atoms with E-state index in [-0.39, 0.29) is 17.9 Å². The van der Waals surface area contributed by atoms with Gasteiger partial charge in [-0.05, 0) is 12.5 Å². The first-order chi connectivity index (χ1) is 9.11. The van der Waals surface area contributed by atoms with Gasteiger partial charge in [0.25, 0.3) is 0 Å². The van der Waals surface area contributed by atoms with Crippen molar-refractivity contribution in [1.82, 2.24) is 4.90 Å². The fraction of sp³-hybridized carbons (Fsp3) is 0.533. The molecule has 2 unspecified atom stereocenters. The molecular weight excluding hydrogens is 240 g/mol. The first-order valence-corrected chi connectivity index (χ1v) is 6.70. The number of likely N-dealkylation sites (N-methyl/N-ethyl adjacent to an activating group) is 1. The lowest BCUT2D eigenvalue weighted by molar-refractivity contribution is -0.136. The van der Waals surface area contributed by atoms with Crippen LogP contribution in [0.2, 0.25) is 0 Å². The van der Waals surface area contributed by atoms with Gasteiger partial charge < -0.3 is 15.4 Å². The Balaban J connectivity index is 2.69. The molecule has 1 rings (SSSR count). The van der Waals surface area contributed by atoms with Crippen molar-refractivity contribution in [2.24, 2.45) is 11.7 Å². The normalized spacial score (nSPS) is 13.9. The van der Waals surface area contributed by atoms with Gasteiger partial charge in [-0.25, -0.2) is 0 Å². The van der Waals surface area contributed by atoms with E-state index in [1.165, 1.54) is 0 Å². The van der Waals surface area contributed by atoms with Gasteiger partial charge in [-0.2, -0.15) is 0 Å². The van der Waals surface area contributed by atoms with E-state index in [9.17, 15) is 4.79 Å². The zero-order chi connectivity index (χ0) is 14.3. The van der Waals surface area contributed by atoms with Gasteiger partial charge >= 0.3 is 0 Å². The predicted octanol–water partition coefficient (Wildman–Crippen LogP) is 1.82. The Hall–Kier alpha value is -1.39. The second-order valence-electron chi connectivity index (χ2n) is 4.64. The standard InChI is InChI=1S/C15H24N2O2/c1-4-17(10-11-19-3)15(18)12(2)14(16)13-8-6-5-7-9-13/h5-9,12,14H,4,10-11,16H2,1-3H3. The summed E-state index contributed by atoms with van der Waals surface area (Å²) in [6.45, 7) is 5.68. The van der Waals surface area contributed by atoms with Crippen LogP contribution in [-0.2, 0) is 9.53 Å². The van der Waals surface area contributed by atoms with Gasteiger partial charge in [-0.3, -0.25) is 4.79 Å². The fourth-order valence-corrected chi connectivity index (χ4v) is 2.03. The summed E-state index contributed by atoms with van der Waals surface area (Å²) in [5, 5.41) is 0. The zero-order valence-corrected chi connectivity index (χ0v) is 12.0. The van der Waals surface area contributed by atoms with E-state index in [2.05, 4.69) is 0 Å². The zero-order valence-electron chi connectivity index (χ0n) is 12.0. The third-order valence-electron chi connectivity index (χ3n) is 3.37. The maximum Gasteiger partial charge on any atom is 0.227 e. The number of carbonyl (C=O) groups is 1. The minimum absolute atomic E-state index is 0.0795. The molecule has 0 spiro atoms. The van der Waals surface area contributed by atoms with Gasteiger partial charge in [0.05, 0.1) is 12.5 Å². The van der Waals surface area contributed by atoms with Crippen LogP contribution in [0.5, 0.6) is 0 Å². The number of nitrogens with zero attached hydrogens (tertiary/aromatic N) is 1. The third kappa shape index (κ3) is 4.33. The fourth-order valence-electron chi connectivity index (χ4n) is 2.03. The molecule has 0 saturated carbocycles. The van der Waals surface area contributed by atoms with Crippen LogP contribution in [0.3, 0.4) is 0 Å². The van der Waals surface area contributed by atoms with Crippen molar-refractivity contribution in [3.8, 4) is 0 Å². The highest BCUT2D eigenvalue weighted by Crippen LogP contribution is 2.20. The molecular formula is C15H24N2O2. The number of hydrogen-bond donors (Lipinski definition) is 1. The molecule has 4 nitrogen and oxygen atoms in total. The average Bonchev–Trinajstić information content (AvgIpc) is 2.47. The van der Waals surface area contributed by atoms with Crippen molar-refractivity contribution >= 4 is 5.91 Å². The van der Waals surface area contributed by atoms with Crippen LogP contribution in [0.25, 0.3) is 0 Å². The molecule has 0 aliphatic heterocycles. The average molecular weight is 264 g/mol. The van der Waals surface area contributed by atoms with Crippen molar-refractivity contribution < 1.29 is 9.53 Å². The van der Waals surface area contributed by atoms with Gasteiger partial charge in [0.1, 0.15) is 0 Å². The molecule has 0 aliphatic rings. The number of rotatable bonds is 7. The Morgan fingerprint density at radius 2 is 2.00 bits per heavy atom. The van der Waals surface area contributed by atoms with Gasteiger partial charge in [-0.1, -0.05) is 37.3 Å². The summed E-state index contributed by atoms with van der Waals surface area (Å²) in [7, 11) is 1.64. The number of ether oxygens (including phenoxy) is 1. The van der Waals surface area contributed by atoms with E-state index in [4.69, 9.17) is 10.5 Å². The van der Waals surface area contributed by atoms with E-state index in [0.29, 0.717) is 19.7 Å². The van der Waals surface area contributed by atoms with Crippen LogP contribution in [0.1, 0.15) is 25.5 Å². The van der Waals surface area contributed by atoms with Gasteiger partial charge in [0.15, 0.2) is 0 Å². The van der Waals surface area contributed by atoms with E-state index in [0.717, 1.165) is 5.56 Å². The molecule has 0 radical (unpaired) electrons. The molecule has 0 bridgehead atoms. The predicted molar refractivity (Wildman–Crippen MR) is 76.7 cm³/mol. The highest BCUT2D eigenvalue weighted by molar-refractivity contribution is 5.79. The molecule has 0 aromatic heterocycles. The Bertz CT molecular complexity index is 381. The summed E-state index contributed by atoms with van der Waals surface area (Å²) in [5.41, 5.74) is 7.17. The number of amides is 1. The maximum absolute atomic E-state index is 12.4. The highest BCUT2D eigenvalue weighted by atomic mass is 16.5. The van der Waals surface area contributed by atoms with Gasteiger partial charge in [-0.15, -0.1) is 0 Å². The van der Waals surface area contributed by atoms with Crippen molar-refractivity contribution in [2.75, 3.05) is 26.8 Å². The molecule has 1 amide bonds. The second kappa shape index (κ2) is 7.92. The number of hydrogen-bond acceptors (Lipinski definition) is 3. The topological polar surface area (TPSA) is 55.6 Å². The Labute approximate surface area is 115 Å². The van der Waals surface area contributed by atoms with Crippen molar-refractivity contribution in [1.29, 1.82) is 0 Å². The highest BCUT2D eigenvalue weighted by Gasteiger charge is 2.25. The van der Waals surface area contributed by atoms with Gasteiger partial charge in [0.2, 0.25) is 5.91 Å². The number of nitrogens with two attached hydrogens (primary N) is 1. The molecule has 4 heteroatoms. The Kier molecular flexibility index (Phi) is 6.53. The monoisotopic (exact) mass is 264 g/mol. The van der Waals surface area contributed by atoms with Crippen LogP contribution >= 0.6 is 0 Å². The van der Waals surface area contributed by atoms with Crippen molar-refractivity contribution in [3.05, 3.63) is 35.9 Å². The second-order valence-corrected chi connectivity index (χ2v) is 4.64. The van der Waals surface area contributed by atoms with Crippen LogP contribution in [0.15, 0.2) is 30.3 Å². The number of carbonyl (C=O) groups excluding carboxylic acids is 1. The lowest BCUT2D eigenvalue weighted by Crippen LogP contribution is -2.40. The van der Waals surface area contributed by atoms with Crippen LogP contribution in [0.4, 0.5) is 0 Å². The third-order valence-corrected chi connectivity index (χ3v) is 3.37. The molecule has 0 saturated heterocycles. The lowest BCUT2D eigenvalue weighted by Gasteiger charge is -2.27. The van der Waals surface area contributed by atoms with Crippen LogP contribution < -0.4 is 5.73 Å². The lowest BCUT2D eigenvalue weighted by atomic mass is 9.94. The molecule has 1 aromatic rings. The van der Waals surface area contributed by atoms with E-state index in [1.807, 2.05) is 44.2 Å². The summed E-state index contributed by atoms with van der Waals surface area (Å²) >= 11 is 0. The molecule has 0 heterocycles. The minimum atomic E-state index is -0.273. The quantitative estimate of drug-likeness (QED) is 0.817. The molecule has 19 heavy (non-hydrogen) atoms. The molecule has 2 N–H and O–H groups in total. The Morgan fingerprint density at radius 1 is 1.37 bits per heavy atom. The first-order valence-electron chi connectivity index (χ1n) is 6.70. The smallest absolute Gasteiger partial charge is 0.227 e. The molecule has 0 aliphatic carbocycles. The van der Waals surface area contributed by atoms with E-state index >= 15 is 0 Å². The Morgan fingerprint density at radius 3 is 2.53 bits per heavy atom. The van der Waals surface area contributed by atoms with Crippen molar-refractivity contribution in [3.63, 3.8) is 0 Å². The van der Waals surface area contributed by atoms with Crippen molar-refractivity contribution in [2.45, 2.75) is 19.9 Å². The van der Waals surface area contributed by atoms with E-state index in [1.54, 1.807) is 12.0 Å².